The van der Waals surface area contributed by atoms with Gasteiger partial charge in [-0.3, -0.25) is 9.10 Å². The predicted molar refractivity (Wildman–Crippen MR) is 122 cm³/mol. The van der Waals surface area contributed by atoms with Gasteiger partial charge >= 0.3 is 0 Å². The van der Waals surface area contributed by atoms with E-state index in [1.54, 1.807) is 30.3 Å². The number of hydrogen-bond donors (Lipinski definition) is 1. The third-order valence-corrected chi connectivity index (χ3v) is 6.87. The SMILES string of the molecule is C=CCN(c1ccccc1)S(=O)(=O)c1cc(C(=O)Nc2ccc(F)cc2Cl)ccc1Cl. The Morgan fingerprint density at radius 2 is 1.74 bits per heavy atom. The van der Waals surface area contributed by atoms with E-state index in [2.05, 4.69) is 11.9 Å². The molecule has 3 aromatic rings. The highest BCUT2D eigenvalue weighted by Gasteiger charge is 2.27. The number of nitrogens with one attached hydrogen (secondary N) is 1. The molecule has 3 aromatic carbocycles. The number of anilines is 2. The number of para-hydroxylation sites is 1. The highest BCUT2D eigenvalue weighted by molar-refractivity contribution is 7.93. The van der Waals surface area contributed by atoms with Crippen molar-refractivity contribution in [1.82, 2.24) is 0 Å². The summed E-state index contributed by atoms with van der Waals surface area (Å²) in [6.45, 7) is 3.62. The minimum absolute atomic E-state index is 0.00425. The topological polar surface area (TPSA) is 66.5 Å². The van der Waals surface area contributed by atoms with E-state index in [4.69, 9.17) is 23.2 Å². The molecule has 0 spiro atoms. The number of hydrogen-bond acceptors (Lipinski definition) is 3. The Bertz CT molecular complexity index is 1230. The molecule has 9 heteroatoms. The summed E-state index contributed by atoms with van der Waals surface area (Å²) in [5.41, 5.74) is 0.645. The predicted octanol–water partition coefficient (Wildman–Crippen LogP) is 5.77. The van der Waals surface area contributed by atoms with Gasteiger partial charge in [0.05, 0.1) is 28.0 Å². The summed E-state index contributed by atoms with van der Waals surface area (Å²) in [6.07, 6.45) is 1.45. The number of halogens is 3. The van der Waals surface area contributed by atoms with Gasteiger partial charge in [0.15, 0.2) is 0 Å². The van der Waals surface area contributed by atoms with Crippen LogP contribution in [0.5, 0.6) is 0 Å². The lowest BCUT2D eigenvalue weighted by Crippen LogP contribution is -2.31. The highest BCUT2D eigenvalue weighted by atomic mass is 35.5. The summed E-state index contributed by atoms with van der Waals surface area (Å²) >= 11 is 12.1. The quantitative estimate of drug-likeness (QED) is 0.438. The number of amides is 1. The molecular formula is C22H17Cl2FN2O3S. The summed E-state index contributed by atoms with van der Waals surface area (Å²) in [4.78, 5) is 12.4. The molecule has 0 unspecified atom stereocenters. The average Bonchev–Trinajstić information content (AvgIpc) is 2.74. The Morgan fingerprint density at radius 3 is 2.39 bits per heavy atom. The molecule has 0 aromatic heterocycles. The van der Waals surface area contributed by atoms with E-state index >= 15 is 0 Å². The van der Waals surface area contributed by atoms with Gasteiger partial charge in [-0.15, -0.1) is 6.58 Å². The molecule has 0 bridgehead atoms. The highest BCUT2D eigenvalue weighted by Crippen LogP contribution is 2.30. The number of carbonyl (C=O) groups excluding carboxylic acids is 1. The standard InChI is InChI=1S/C22H17Cl2FN2O3S/c1-2-12-27(17-6-4-3-5-7-17)31(29,30)21-13-15(8-10-18(21)23)22(28)26-20-11-9-16(25)14-19(20)24/h2-11,13-14H,1,12H2,(H,26,28). The molecule has 0 saturated carbocycles. The Hall–Kier alpha value is -2.87. The van der Waals surface area contributed by atoms with Crippen LogP contribution in [0.4, 0.5) is 15.8 Å². The van der Waals surface area contributed by atoms with Crippen molar-refractivity contribution >= 4 is 50.5 Å². The molecule has 1 amide bonds. The van der Waals surface area contributed by atoms with Gasteiger partial charge in [0.1, 0.15) is 10.7 Å². The second-order valence-electron chi connectivity index (χ2n) is 6.38. The number of sulfonamides is 1. The van der Waals surface area contributed by atoms with Crippen molar-refractivity contribution < 1.29 is 17.6 Å². The first-order chi connectivity index (χ1) is 14.7. The van der Waals surface area contributed by atoms with E-state index in [9.17, 15) is 17.6 Å². The minimum atomic E-state index is -4.12. The van der Waals surface area contributed by atoms with Gasteiger partial charge in [-0.2, -0.15) is 0 Å². The van der Waals surface area contributed by atoms with Crippen LogP contribution >= 0.6 is 23.2 Å². The zero-order valence-corrected chi connectivity index (χ0v) is 18.4. The van der Waals surface area contributed by atoms with Crippen molar-refractivity contribution in [2.45, 2.75) is 4.90 Å². The first-order valence-corrected chi connectivity index (χ1v) is 11.2. The molecule has 0 heterocycles. The van der Waals surface area contributed by atoms with Crippen LogP contribution < -0.4 is 9.62 Å². The van der Waals surface area contributed by atoms with Crippen LogP contribution in [0.3, 0.4) is 0 Å². The molecule has 1 N–H and O–H groups in total. The molecule has 0 atom stereocenters. The van der Waals surface area contributed by atoms with Crippen LogP contribution in [0.1, 0.15) is 10.4 Å². The Labute approximate surface area is 189 Å². The molecule has 0 radical (unpaired) electrons. The van der Waals surface area contributed by atoms with Gasteiger partial charge < -0.3 is 5.32 Å². The normalized spacial score (nSPS) is 11.1. The van der Waals surface area contributed by atoms with Gasteiger partial charge in [-0.25, -0.2) is 12.8 Å². The van der Waals surface area contributed by atoms with Crippen LogP contribution in [-0.2, 0) is 10.0 Å². The molecule has 3 rings (SSSR count). The van der Waals surface area contributed by atoms with E-state index in [0.29, 0.717) is 5.69 Å². The molecular weight excluding hydrogens is 462 g/mol. The molecule has 0 aliphatic carbocycles. The Morgan fingerprint density at radius 1 is 1.03 bits per heavy atom. The fourth-order valence-corrected chi connectivity index (χ4v) is 4.95. The van der Waals surface area contributed by atoms with Crippen molar-refractivity contribution in [2.75, 3.05) is 16.2 Å². The van der Waals surface area contributed by atoms with Gasteiger partial charge in [0, 0.05) is 5.56 Å². The number of benzene rings is 3. The smallest absolute Gasteiger partial charge is 0.266 e. The Kier molecular flexibility index (Phi) is 7.00. The van der Waals surface area contributed by atoms with Crippen molar-refractivity contribution in [3.8, 4) is 0 Å². The zero-order valence-electron chi connectivity index (χ0n) is 16.1. The summed E-state index contributed by atoms with van der Waals surface area (Å²) in [5.74, 6) is -1.18. The molecule has 0 aliphatic heterocycles. The van der Waals surface area contributed by atoms with E-state index < -0.39 is 21.7 Å². The molecule has 31 heavy (non-hydrogen) atoms. The zero-order chi connectivity index (χ0) is 22.6. The summed E-state index contributed by atoms with van der Waals surface area (Å²) in [7, 11) is -4.12. The molecule has 160 valence electrons. The summed E-state index contributed by atoms with van der Waals surface area (Å²) in [5, 5.41) is 2.50. The monoisotopic (exact) mass is 478 g/mol. The Balaban J connectivity index is 1.99. The number of carbonyl (C=O) groups is 1. The van der Waals surface area contributed by atoms with Crippen LogP contribution in [0.25, 0.3) is 0 Å². The van der Waals surface area contributed by atoms with Gasteiger partial charge in [0.2, 0.25) is 0 Å². The second-order valence-corrected chi connectivity index (χ2v) is 9.03. The lowest BCUT2D eigenvalue weighted by Gasteiger charge is -2.24. The van der Waals surface area contributed by atoms with Gasteiger partial charge in [-0.1, -0.05) is 47.5 Å². The minimum Gasteiger partial charge on any atom is -0.321 e. The molecule has 0 aliphatic rings. The summed E-state index contributed by atoms with van der Waals surface area (Å²) < 4.78 is 41.1. The largest absolute Gasteiger partial charge is 0.321 e. The van der Waals surface area contributed by atoms with Crippen LogP contribution in [0.2, 0.25) is 10.0 Å². The maximum absolute atomic E-state index is 13.4. The lowest BCUT2D eigenvalue weighted by atomic mass is 10.2. The fourth-order valence-electron chi connectivity index (χ4n) is 2.80. The number of nitrogens with zero attached hydrogens (tertiary/aromatic N) is 1. The van der Waals surface area contributed by atoms with Gasteiger partial charge in [0.25, 0.3) is 15.9 Å². The van der Waals surface area contributed by atoms with E-state index in [0.717, 1.165) is 16.4 Å². The van der Waals surface area contributed by atoms with E-state index in [-0.39, 0.29) is 32.7 Å². The van der Waals surface area contributed by atoms with Crippen LogP contribution in [-0.4, -0.2) is 20.9 Å². The molecule has 5 nitrogen and oxygen atoms in total. The third kappa shape index (κ3) is 5.07. The third-order valence-electron chi connectivity index (χ3n) is 4.28. The number of rotatable bonds is 7. The molecule has 0 saturated heterocycles. The maximum Gasteiger partial charge on any atom is 0.266 e. The fraction of sp³-hybridized carbons (Fsp3) is 0.0455. The van der Waals surface area contributed by atoms with Crippen molar-refractivity contribution in [1.29, 1.82) is 0 Å². The van der Waals surface area contributed by atoms with Crippen molar-refractivity contribution in [3.63, 3.8) is 0 Å². The van der Waals surface area contributed by atoms with Crippen molar-refractivity contribution in [3.05, 3.63) is 101 Å². The maximum atomic E-state index is 13.4. The van der Waals surface area contributed by atoms with Crippen LogP contribution in [0, 0.1) is 5.82 Å². The average molecular weight is 479 g/mol. The lowest BCUT2D eigenvalue weighted by molar-refractivity contribution is 0.102. The van der Waals surface area contributed by atoms with Gasteiger partial charge in [-0.05, 0) is 48.5 Å². The van der Waals surface area contributed by atoms with Crippen molar-refractivity contribution in [2.24, 2.45) is 0 Å². The summed E-state index contributed by atoms with van der Waals surface area (Å²) in [6, 6.07) is 15.9. The molecule has 0 fully saturated rings. The first kappa shape index (κ1) is 22.8. The second kappa shape index (κ2) is 9.51. The van der Waals surface area contributed by atoms with Crippen LogP contribution in [0.15, 0.2) is 84.3 Å². The van der Waals surface area contributed by atoms with E-state index in [1.807, 2.05) is 0 Å². The first-order valence-electron chi connectivity index (χ1n) is 8.98. The van der Waals surface area contributed by atoms with E-state index in [1.165, 1.54) is 30.3 Å².